The molecule has 0 aliphatic carbocycles. The molecule has 4 rings (SSSR count). The van der Waals surface area contributed by atoms with Crippen molar-refractivity contribution in [3.8, 4) is 5.75 Å². The number of hydrogen-bond donors (Lipinski definition) is 1. The van der Waals surface area contributed by atoms with Gasteiger partial charge >= 0.3 is 6.09 Å². The molecule has 1 N–H and O–H groups in total. The summed E-state index contributed by atoms with van der Waals surface area (Å²) in [6.07, 6.45) is 0.678. The average molecular weight is 549 g/mol. The Morgan fingerprint density at radius 1 is 1.10 bits per heavy atom. The summed E-state index contributed by atoms with van der Waals surface area (Å²) in [6.45, 7) is 11.5. The van der Waals surface area contributed by atoms with Gasteiger partial charge in [-0.15, -0.1) is 0 Å². The Balaban J connectivity index is 1.45. The van der Waals surface area contributed by atoms with Crippen molar-refractivity contribution in [3.05, 3.63) is 89.5 Å². The van der Waals surface area contributed by atoms with Gasteiger partial charge in [0.15, 0.2) is 0 Å². The molecule has 8 nitrogen and oxygen atoms in total. The van der Waals surface area contributed by atoms with Crippen LogP contribution in [0.3, 0.4) is 0 Å². The molecule has 1 unspecified atom stereocenters. The predicted octanol–water partition coefficient (Wildman–Crippen LogP) is 5.84. The monoisotopic (exact) mass is 548 g/mol. The number of aryl methyl sites for hydroxylation is 1. The standard InChI is InChI=1S/C31H37FN4O4/c1-21-11-12-23(17-26(21)32)28(20-35-15-16-36(22(2)19-35)30(38)40-31(3,4)5)39-25-13-14-27(33-18-25)29(37)34-24-9-7-6-8-10-24/h6-14,17-18,22,28H,15-16,19-20H2,1-5H3,(H,34,37)/t22-,28?/m1/s1. The molecule has 0 radical (unpaired) electrons. The molecular formula is C31H37FN4O4. The molecule has 2 heterocycles. The van der Waals surface area contributed by atoms with E-state index in [-0.39, 0.29) is 29.6 Å². The smallest absolute Gasteiger partial charge is 0.410 e. The number of para-hydroxylation sites is 1. The Kier molecular flexibility index (Phi) is 9.04. The number of amides is 2. The van der Waals surface area contributed by atoms with Gasteiger partial charge in [-0.1, -0.05) is 30.3 Å². The van der Waals surface area contributed by atoms with Crippen LogP contribution in [0.5, 0.6) is 5.75 Å². The topological polar surface area (TPSA) is 84.0 Å². The van der Waals surface area contributed by atoms with E-state index in [2.05, 4.69) is 15.2 Å². The van der Waals surface area contributed by atoms with Gasteiger partial charge in [0, 0.05) is 37.9 Å². The van der Waals surface area contributed by atoms with Gasteiger partial charge < -0.3 is 19.7 Å². The van der Waals surface area contributed by atoms with Crippen LogP contribution < -0.4 is 10.1 Å². The zero-order chi connectivity index (χ0) is 28.9. The SMILES string of the molecule is Cc1ccc(C(CN2CCN(C(=O)OC(C)(C)C)[C@H](C)C2)Oc2ccc(C(=O)Nc3ccccc3)nc2)cc1F. The maximum atomic E-state index is 14.5. The van der Waals surface area contributed by atoms with E-state index in [4.69, 9.17) is 9.47 Å². The van der Waals surface area contributed by atoms with E-state index in [0.29, 0.717) is 48.7 Å². The number of anilines is 1. The number of carbonyl (C=O) groups excluding carboxylic acids is 2. The van der Waals surface area contributed by atoms with E-state index in [9.17, 15) is 14.0 Å². The summed E-state index contributed by atoms with van der Waals surface area (Å²) in [7, 11) is 0. The lowest BCUT2D eigenvalue weighted by atomic mass is 10.0. The van der Waals surface area contributed by atoms with Crippen molar-refractivity contribution in [1.82, 2.24) is 14.8 Å². The fourth-order valence-electron chi connectivity index (χ4n) is 4.51. The second kappa shape index (κ2) is 12.5. The van der Waals surface area contributed by atoms with Crippen molar-refractivity contribution >= 4 is 17.7 Å². The Labute approximate surface area is 235 Å². The summed E-state index contributed by atoms with van der Waals surface area (Å²) in [5, 5.41) is 2.81. The summed E-state index contributed by atoms with van der Waals surface area (Å²) in [5.41, 5.74) is 1.61. The molecule has 2 amide bonds. The molecule has 0 bridgehead atoms. The van der Waals surface area contributed by atoms with Crippen molar-refractivity contribution in [2.45, 2.75) is 52.4 Å². The number of aromatic nitrogens is 1. The van der Waals surface area contributed by atoms with Gasteiger partial charge in [-0.2, -0.15) is 0 Å². The first-order valence-corrected chi connectivity index (χ1v) is 13.5. The summed E-state index contributed by atoms with van der Waals surface area (Å²) < 4.78 is 26.4. The van der Waals surface area contributed by atoms with Crippen LogP contribution in [0.4, 0.5) is 14.9 Å². The molecule has 212 valence electrons. The van der Waals surface area contributed by atoms with Gasteiger partial charge in [0.2, 0.25) is 0 Å². The minimum absolute atomic E-state index is 0.0666. The van der Waals surface area contributed by atoms with Crippen LogP contribution in [0.15, 0.2) is 66.9 Å². The summed E-state index contributed by atoms with van der Waals surface area (Å²) in [6, 6.07) is 17.5. The maximum Gasteiger partial charge on any atom is 0.410 e. The van der Waals surface area contributed by atoms with Crippen LogP contribution >= 0.6 is 0 Å². The summed E-state index contributed by atoms with van der Waals surface area (Å²) in [4.78, 5) is 33.5. The molecule has 9 heteroatoms. The van der Waals surface area contributed by atoms with Crippen LogP contribution in [-0.2, 0) is 4.74 Å². The Bertz CT molecular complexity index is 1310. The van der Waals surface area contributed by atoms with Crippen molar-refractivity contribution in [2.24, 2.45) is 0 Å². The highest BCUT2D eigenvalue weighted by molar-refractivity contribution is 6.02. The van der Waals surface area contributed by atoms with Gasteiger partial charge in [-0.05, 0) is 76.1 Å². The molecule has 2 aromatic carbocycles. The largest absolute Gasteiger partial charge is 0.483 e. The molecular weight excluding hydrogens is 511 g/mol. The van der Waals surface area contributed by atoms with Gasteiger partial charge in [0.1, 0.15) is 29.0 Å². The van der Waals surface area contributed by atoms with Crippen molar-refractivity contribution < 1.29 is 23.5 Å². The molecule has 1 aliphatic heterocycles. The third kappa shape index (κ3) is 7.79. The van der Waals surface area contributed by atoms with E-state index < -0.39 is 11.7 Å². The number of nitrogens with one attached hydrogen (secondary N) is 1. The molecule has 3 aromatic rings. The Hall–Kier alpha value is -3.98. The second-order valence-electron chi connectivity index (χ2n) is 11.1. The fourth-order valence-corrected chi connectivity index (χ4v) is 4.51. The minimum Gasteiger partial charge on any atom is -0.483 e. The zero-order valence-electron chi connectivity index (χ0n) is 23.7. The van der Waals surface area contributed by atoms with Crippen LogP contribution in [-0.4, -0.2) is 64.6 Å². The van der Waals surface area contributed by atoms with Gasteiger partial charge in [-0.25, -0.2) is 14.2 Å². The van der Waals surface area contributed by atoms with Crippen molar-refractivity contribution in [1.29, 1.82) is 0 Å². The molecule has 0 saturated carbocycles. The number of piperazine rings is 1. The number of nitrogens with zero attached hydrogens (tertiary/aromatic N) is 3. The second-order valence-corrected chi connectivity index (χ2v) is 11.1. The van der Waals surface area contributed by atoms with E-state index in [1.807, 2.05) is 52.0 Å². The van der Waals surface area contributed by atoms with Crippen LogP contribution in [0, 0.1) is 12.7 Å². The highest BCUT2D eigenvalue weighted by Crippen LogP contribution is 2.26. The van der Waals surface area contributed by atoms with E-state index in [1.165, 1.54) is 12.3 Å². The average Bonchev–Trinajstić information content (AvgIpc) is 2.90. The van der Waals surface area contributed by atoms with Crippen molar-refractivity contribution in [2.75, 3.05) is 31.5 Å². The van der Waals surface area contributed by atoms with E-state index >= 15 is 0 Å². The Morgan fingerprint density at radius 2 is 1.85 bits per heavy atom. The summed E-state index contributed by atoms with van der Waals surface area (Å²) in [5.74, 6) is -0.172. The van der Waals surface area contributed by atoms with Gasteiger partial charge in [0.05, 0.1) is 6.20 Å². The number of ether oxygens (including phenoxy) is 2. The first-order chi connectivity index (χ1) is 19.0. The number of benzene rings is 2. The van der Waals surface area contributed by atoms with E-state index in [1.54, 1.807) is 42.2 Å². The van der Waals surface area contributed by atoms with Crippen LogP contribution in [0.25, 0.3) is 0 Å². The third-order valence-corrected chi connectivity index (χ3v) is 6.61. The lowest BCUT2D eigenvalue weighted by molar-refractivity contribution is -0.00301. The quantitative estimate of drug-likeness (QED) is 0.399. The molecule has 1 aliphatic rings. The van der Waals surface area contributed by atoms with Crippen LogP contribution in [0.1, 0.15) is 55.4 Å². The number of rotatable bonds is 7. The molecule has 1 saturated heterocycles. The minimum atomic E-state index is -0.561. The summed E-state index contributed by atoms with van der Waals surface area (Å²) >= 11 is 0. The molecule has 0 spiro atoms. The Morgan fingerprint density at radius 3 is 2.48 bits per heavy atom. The molecule has 1 fully saturated rings. The van der Waals surface area contributed by atoms with E-state index in [0.717, 1.165) is 0 Å². The lowest BCUT2D eigenvalue weighted by Gasteiger charge is -2.41. The van der Waals surface area contributed by atoms with Gasteiger partial charge in [-0.3, -0.25) is 9.69 Å². The third-order valence-electron chi connectivity index (χ3n) is 6.61. The maximum absolute atomic E-state index is 14.5. The highest BCUT2D eigenvalue weighted by Gasteiger charge is 2.32. The van der Waals surface area contributed by atoms with Crippen LogP contribution in [0.2, 0.25) is 0 Å². The normalized spacial score (nSPS) is 16.8. The fraction of sp³-hybridized carbons (Fsp3) is 0.387. The number of pyridine rings is 1. The zero-order valence-corrected chi connectivity index (χ0v) is 23.7. The first-order valence-electron chi connectivity index (χ1n) is 13.5. The lowest BCUT2D eigenvalue weighted by Crippen LogP contribution is -2.55. The number of halogens is 1. The molecule has 2 atom stereocenters. The number of carbonyl (C=O) groups is 2. The van der Waals surface area contributed by atoms with Crippen molar-refractivity contribution in [3.63, 3.8) is 0 Å². The predicted molar refractivity (Wildman–Crippen MR) is 152 cm³/mol. The number of hydrogen-bond acceptors (Lipinski definition) is 6. The molecule has 40 heavy (non-hydrogen) atoms. The highest BCUT2D eigenvalue weighted by atomic mass is 19.1. The molecule has 1 aromatic heterocycles. The van der Waals surface area contributed by atoms with Gasteiger partial charge in [0.25, 0.3) is 5.91 Å². The first kappa shape index (κ1) is 29.0.